The highest BCUT2D eigenvalue weighted by Gasteiger charge is 2.39. The third kappa shape index (κ3) is 2.57. The molecule has 20 heavy (non-hydrogen) atoms. The predicted molar refractivity (Wildman–Crippen MR) is 77.0 cm³/mol. The summed E-state index contributed by atoms with van der Waals surface area (Å²) in [5, 5.41) is 0.621. The van der Waals surface area contributed by atoms with Gasteiger partial charge in [-0.15, -0.1) is 0 Å². The second-order valence-electron chi connectivity index (χ2n) is 5.51. The molecule has 0 aromatic carbocycles. The Morgan fingerprint density at radius 3 is 2.70 bits per heavy atom. The molecule has 1 saturated heterocycles. The van der Waals surface area contributed by atoms with E-state index < -0.39 is 5.60 Å². The molecule has 2 aliphatic rings. The van der Waals surface area contributed by atoms with Crippen LogP contribution in [0.4, 0.5) is 0 Å². The molecule has 1 aromatic heterocycles. The third-order valence-corrected chi connectivity index (χ3v) is 4.57. The van der Waals surface area contributed by atoms with Crippen LogP contribution in [-0.2, 0) is 27.9 Å². The molecule has 0 bridgehead atoms. The maximum absolute atomic E-state index is 6.39. The van der Waals surface area contributed by atoms with Gasteiger partial charge < -0.3 is 9.47 Å². The number of hydrogen-bond acceptors (Lipinski definition) is 4. The Bertz CT molecular complexity index is 481. The summed E-state index contributed by atoms with van der Waals surface area (Å²) < 4.78 is 11.5. The Hall–Kier alpha value is -0.710. The topological polar surface area (TPSA) is 44.2 Å². The minimum atomic E-state index is -0.414. The van der Waals surface area contributed by atoms with Crippen molar-refractivity contribution in [3.05, 3.63) is 22.2 Å². The molecule has 4 nitrogen and oxygen atoms in total. The molecular weight excluding hydrogens is 276 g/mol. The van der Waals surface area contributed by atoms with Crippen LogP contribution in [0.2, 0.25) is 5.15 Å². The minimum Gasteiger partial charge on any atom is -0.381 e. The summed E-state index contributed by atoms with van der Waals surface area (Å²) in [6, 6.07) is 0. The lowest BCUT2D eigenvalue weighted by atomic mass is 9.91. The molecule has 0 N–H and O–H groups in total. The first-order valence-corrected chi connectivity index (χ1v) is 7.90. The molecule has 1 aliphatic heterocycles. The van der Waals surface area contributed by atoms with Gasteiger partial charge >= 0.3 is 0 Å². The van der Waals surface area contributed by atoms with E-state index in [-0.39, 0.29) is 0 Å². The Kier molecular flexibility index (Phi) is 4.24. The van der Waals surface area contributed by atoms with E-state index in [9.17, 15) is 0 Å². The van der Waals surface area contributed by atoms with Gasteiger partial charge in [-0.2, -0.15) is 0 Å². The fourth-order valence-electron chi connectivity index (χ4n) is 3.16. The first-order chi connectivity index (χ1) is 9.75. The predicted octanol–water partition coefficient (Wildman–Crippen LogP) is 3.05. The van der Waals surface area contributed by atoms with Crippen molar-refractivity contribution in [3.8, 4) is 0 Å². The standard InChI is InChI=1S/C15H21ClN2O2/c1-2-20-15(7-9-19-10-8-15)14-17-12-6-4-3-5-11(12)13(16)18-14/h2-10H2,1H3. The Balaban J connectivity index is 2.00. The fourth-order valence-corrected chi connectivity index (χ4v) is 3.45. The van der Waals surface area contributed by atoms with E-state index in [2.05, 4.69) is 4.98 Å². The van der Waals surface area contributed by atoms with Gasteiger partial charge in [-0.05, 0) is 32.6 Å². The summed E-state index contributed by atoms with van der Waals surface area (Å²) in [6.45, 7) is 4.05. The summed E-state index contributed by atoms with van der Waals surface area (Å²) in [5.41, 5.74) is 1.85. The van der Waals surface area contributed by atoms with Crippen molar-refractivity contribution in [2.75, 3.05) is 19.8 Å². The van der Waals surface area contributed by atoms with Gasteiger partial charge in [0, 0.05) is 43.9 Å². The second-order valence-corrected chi connectivity index (χ2v) is 5.87. The van der Waals surface area contributed by atoms with Crippen molar-refractivity contribution in [2.24, 2.45) is 0 Å². The summed E-state index contributed by atoms with van der Waals surface area (Å²) >= 11 is 6.39. The van der Waals surface area contributed by atoms with E-state index >= 15 is 0 Å². The molecular formula is C15H21ClN2O2. The lowest BCUT2D eigenvalue weighted by Gasteiger charge is -2.36. The van der Waals surface area contributed by atoms with E-state index in [0.29, 0.717) is 25.0 Å². The second kappa shape index (κ2) is 5.96. The molecule has 5 heteroatoms. The Morgan fingerprint density at radius 2 is 1.95 bits per heavy atom. The molecule has 110 valence electrons. The normalized spacial score (nSPS) is 21.5. The fraction of sp³-hybridized carbons (Fsp3) is 0.733. The van der Waals surface area contributed by atoms with Gasteiger partial charge in [0.1, 0.15) is 10.8 Å². The lowest BCUT2D eigenvalue weighted by molar-refractivity contribution is -0.118. The summed E-state index contributed by atoms with van der Waals surface area (Å²) in [4.78, 5) is 9.39. The van der Waals surface area contributed by atoms with Crippen LogP contribution in [0.15, 0.2) is 0 Å². The number of rotatable bonds is 3. The molecule has 0 spiro atoms. The van der Waals surface area contributed by atoms with Gasteiger partial charge in [0.2, 0.25) is 0 Å². The zero-order valence-electron chi connectivity index (χ0n) is 12.0. The van der Waals surface area contributed by atoms with Gasteiger partial charge in [0.05, 0.1) is 0 Å². The smallest absolute Gasteiger partial charge is 0.162 e. The Labute approximate surface area is 124 Å². The minimum absolute atomic E-state index is 0.414. The van der Waals surface area contributed by atoms with Crippen LogP contribution in [0.5, 0.6) is 0 Å². The van der Waals surface area contributed by atoms with E-state index in [1.54, 1.807) is 0 Å². The number of aromatic nitrogens is 2. The van der Waals surface area contributed by atoms with Crippen LogP contribution in [0.1, 0.15) is 49.7 Å². The van der Waals surface area contributed by atoms with Gasteiger partial charge in [-0.1, -0.05) is 11.6 Å². The number of halogens is 1. The van der Waals surface area contributed by atoms with Crippen LogP contribution in [0.25, 0.3) is 0 Å². The van der Waals surface area contributed by atoms with Crippen molar-refractivity contribution in [3.63, 3.8) is 0 Å². The summed E-state index contributed by atoms with van der Waals surface area (Å²) in [6.07, 6.45) is 5.97. The van der Waals surface area contributed by atoms with Crippen molar-refractivity contribution in [1.82, 2.24) is 9.97 Å². The van der Waals surface area contributed by atoms with Crippen molar-refractivity contribution >= 4 is 11.6 Å². The molecule has 0 saturated carbocycles. The third-order valence-electron chi connectivity index (χ3n) is 4.26. The zero-order valence-corrected chi connectivity index (χ0v) is 12.7. The van der Waals surface area contributed by atoms with Crippen LogP contribution in [0.3, 0.4) is 0 Å². The largest absolute Gasteiger partial charge is 0.381 e. The highest BCUT2D eigenvalue weighted by molar-refractivity contribution is 6.30. The lowest BCUT2D eigenvalue weighted by Crippen LogP contribution is -2.39. The van der Waals surface area contributed by atoms with Crippen molar-refractivity contribution < 1.29 is 9.47 Å². The van der Waals surface area contributed by atoms with Gasteiger partial charge in [-0.25, -0.2) is 9.97 Å². The van der Waals surface area contributed by atoms with Crippen LogP contribution >= 0.6 is 11.6 Å². The molecule has 0 atom stereocenters. The average molecular weight is 297 g/mol. The molecule has 0 amide bonds. The van der Waals surface area contributed by atoms with Crippen LogP contribution in [-0.4, -0.2) is 29.8 Å². The molecule has 1 fully saturated rings. The molecule has 0 radical (unpaired) electrons. The van der Waals surface area contributed by atoms with Crippen LogP contribution in [0, 0.1) is 0 Å². The zero-order chi connectivity index (χ0) is 14.0. The maximum atomic E-state index is 6.39. The monoisotopic (exact) mass is 296 g/mol. The first kappa shape index (κ1) is 14.2. The van der Waals surface area contributed by atoms with E-state index in [1.807, 2.05) is 6.92 Å². The number of aryl methyl sites for hydroxylation is 1. The van der Waals surface area contributed by atoms with Crippen molar-refractivity contribution in [2.45, 2.75) is 51.0 Å². The van der Waals surface area contributed by atoms with Gasteiger partial charge in [0.25, 0.3) is 0 Å². The maximum Gasteiger partial charge on any atom is 0.162 e. The molecule has 0 unspecified atom stereocenters. The van der Waals surface area contributed by atoms with E-state index in [4.69, 9.17) is 26.1 Å². The summed E-state index contributed by atoms with van der Waals surface area (Å²) in [7, 11) is 0. The summed E-state index contributed by atoms with van der Waals surface area (Å²) in [5.74, 6) is 0.758. The first-order valence-electron chi connectivity index (χ1n) is 7.52. The number of hydrogen-bond donors (Lipinski definition) is 0. The molecule has 2 heterocycles. The average Bonchev–Trinajstić information content (AvgIpc) is 2.48. The van der Waals surface area contributed by atoms with Crippen molar-refractivity contribution in [1.29, 1.82) is 0 Å². The number of nitrogens with zero attached hydrogens (tertiary/aromatic N) is 2. The van der Waals surface area contributed by atoms with Crippen LogP contribution < -0.4 is 0 Å². The highest BCUT2D eigenvalue weighted by atomic mass is 35.5. The van der Waals surface area contributed by atoms with E-state index in [1.165, 1.54) is 12.8 Å². The highest BCUT2D eigenvalue weighted by Crippen LogP contribution is 2.36. The quantitative estimate of drug-likeness (QED) is 0.804. The van der Waals surface area contributed by atoms with Gasteiger partial charge in [-0.3, -0.25) is 0 Å². The SMILES string of the molecule is CCOC1(c2nc(Cl)c3c(n2)CCCC3)CCOCC1. The molecule has 1 aliphatic carbocycles. The Morgan fingerprint density at radius 1 is 1.20 bits per heavy atom. The molecule has 1 aromatic rings. The number of fused-ring (bicyclic) bond motifs is 1. The number of ether oxygens (including phenoxy) is 2. The molecule has 3 rings (SSSR count). The van der Waals surface area contributed by atoms with Gasteiger partial charge in [0.15, 0.2) is 5.82 Å². The van der Waals surface area contributed by atoms with E-state index in [0.717, 1.165) is 42.8 Å².